The van der Waals surface area contributed by atoms with E-state index in [0.717, 1.165) is 31.6 Å². The highest BCUT2D eigenvalue weighted by Gasteiger charge is 2.06. The lowest BCUT2D eigenvalue weighted by atomic mass is 10.3. The maximum absolute atomic E-state index is 11.4. The van der Waals surface area contributed by atoms with Gasteiger partial charge in [0, 0.05) is 13.6 Å². The second kappa shape index (κ2) is 8.42. The van der Waals surface area contributed by atoms with Crippen molar-refractivity contribution >= 4 is 17.7 Å². The van der Waals surface area contributed by atoms with Crippen LogP contribution in [-0.4, -0.2) is 35.9 Å². The topological polar surface area (TPSA) is 20.3 Å². The zero-order valence-electron chi connectivity index (χ0n) is 9.01. The van der Waals surface area contributed by atoms with Crippen LogP contribution in [0.25, 0.3) is 0 Å². The predicted octanol–water partition coefficient (Wildman–Crippen LogP) is 2.39. The van der Waals surface area contributed by atoms with Crippen LogP contribution in [-0.2, 0) is 4.79 Å². The number of carbonyl (C=O) groups excluding carboxylic acids is 1. The molecule has 0 aromatic rings. The fourth-order valence-corrected chi connectivity index (χ4v) is 1.76. The van der Waals surface area contributed by atoms with Crippen molar-refractivity contribution in [3.63, 3.8) is 0 Å². The molecule has 2 nitrogen and oxygen atoms in total. The number of unbranched alkanes of at least 4 members (excludes halogenated alkanes) is 1. The third kappa shape index (κ3) is 6.94. The Kier molecular flexibility index (Phi) is 8.30. The van der Waals surface area contributed by atoms with Crippen molar-refractivity contribution in [1.29, 1.82) is 0 Å². The monoisotopic (exact) mass is 203 g/mol. The van der Waals surface area contributed by atoms with Crippen molar-refractivity contribution in [2.75, 3.05) is 25.1 Å². The Hall–Kier alpha value is -0.180. The van der Waals surface area contributed by atoms with Crippen LogP contribution in [0.3, 0.4) is 0 Å². The first-order valence-electron chi connectivity index (χ1n) is 5.04. The van der Waals surface area contributed by atoms with Crippen LogP contribution in [0, 0.1) is 0 Å². The molecule has 0 radical (unpaired) electrons. The lowest BCUT2D eigenvalue weighted by Crippen LogP contribution is -2.29. The second-order valence-electron chi connectivity index (χ2n) is 3.22. The van der Waals surface area contributed by atoms with Gasteiger partial charge in [0.2, 0.25) is 5.91 Å². The van der Waals surface area contributed by atoms with Gasteiger partial charge in [0.05, 0.1) is 5.75 Å². The minimum atomic E-state index is 0.270. The molecule has 0 atom stereocenters. The molecular formula is C10H21NOS. The smallest absolute Gasteiger partial charge is 0.232 e. The molecule has 0 N–H and O–H groups in total. The molecule has 1 amide bonds. The number of thioether (sulfide) groups is 1. The minimum absolute atomic E-state index is 0.270. The Morgan fingerprint density at radius 2 is 2.00 bits per heavy atom. The van der Waals surface area contributed by atoms with Gasteiger partial charge in [-0.1, -0.05) is 20.3 Å². The van der Waals surface area contributed by atoms with Crippen LogP contribution in [0.1, 0.15) is 33.1 Å². The molecule has 0 heterocycles. The van der Waals surface area contributed by atoms with Crippen molar-refractivity contribution in [3.8, 4) is 0 Å². The summed E-state index contributed by atoms with van der Waals surface area (Å²) in [6, 6.07) is 0. The van der Waals surface area contributed by atoms with E-state index in [0.29, 0.717) is 5.75 Å². The summed E-state index contributed by atoms with van der Waals surface area (Å²) in [5.41, 5.74) is 0. The summed E-state index contributed by atoms with van der Waals surface area (Å²) in [5.74, 6) is 2.01. The summed E-state index contributed by atoms with van der Waals surface area (Å²) in [6.07, 6.45) is 3.41. The van der Waals surface area contributed by atoms with E-state index in [4.69, 9.17) is 0 Å². The quantitative estimate of drug-likeness (QED) is 0.592. The maximum Gasteiger partial charge on any atom is 0.232 e. The van der Waals surface area contributed by atoms with Crippen molar-refractivity contribution in [2.45, 2.75) is 33.1 Å². The number of amides is 1. The van der Waals surface area contributed by atoms with Gasteiger partial charge >= 0.3 is 0 Å². The van der Waals surface area contributed by atoms with Gasteiger partial charge in [0.15, 0.2) is 0 Å². The zero-order chi connectivity index (χ0) is 10.1. The van der Waals surface area contributed by atoms with Crippen LogP contribution >= 0.6 is 11.8 Å². The number of carbonyl (C=O) groups is 1. The molecular weight excluding hydrogens is 182 g/mol. The van der Waals surface area contributed by atoms with Crippen LogP contribution in [0.5, 0.6) is 0 Å². The normalized spacial score (nSPS) is 10.1. The van der Waals surface area contributed by atoms with E-state index in [2.05, 4.69) is 13.8 Å². The second-order valence-corrected chi connectivity index (χ2v) is 4.33. The molecule has 0 fully saturated rings. The summed E-state index contributed by atoms with van der Waals surface area (Å²) in [6.45, 7) is 5.18. The van der Waals surface area contributed by atoms with Gasteiger partial charge < -0.3 is 4.90 Å². The van der Waals surface area contributed by atoms with Crippen LogP contribution < -0.4 is 0 Å². The van der Waals surface area contributed by atoms with Crippen LogP contribution in [0.4, 0.5) is 0 Å². The fraction of sp³-hybridized carbons (Fsp3) is 0.900. The van der Waals surface area contributed by atoms with Gasteiger partial charge in [0.1, 0.15) is 0 Å². The Morgan fingerprint density at radius 3 is 2.54 bits per heavy atom. The molecule has 0 aromatic heterocycles. The van der Waals surface area contributed by atoms with Crippen molar-refractivity contribution in [1.82, 2.24) is 4.90 Å². The minimum Gasteiger partial charge on any atom is -0.345 e. The number of nitrogens with zero attached hydrogens (tertiary/aromatic N) is 1. The van der Waals surface area contributed by atoms with Gasteiger partial charge in [-0.2, -0.15) is 11.8 Å². The lowest BCUT2D eigenvalue weighted by Gasteiger charge is -2.16. The van der Waals surface area contributed by atoms with E-state index in [9.17, 15) is 4.79 Å². The highest BCUT2D eigenvalue weighted by atomic mass is 32.2. The van der Waals surface area contributed by atoms with Gasteiger partial charge in [-0.05, 0) is 18.6 Å². The highest BCUT2D eigenvalue weighted by molar-refractivity contribution is 7.99. The maximum atomic E-state index is 11.4. The average molecular weight is 203 g/mol. The van der Waals surface area contributed by atoms with E-state index in [1.807, 2.05) is 11.9 Å². The summed E-state index contributed by atoms with van der Waals surface area (Å²) in [5, 5.41) is 0. The molecule has 0 rings (SSSR count). The Balaban J connectivity index is 3.45. The molecule has 0 saturated carbocycles. The van der Waals surface area contributed by atoms with E-state index in [1.165, 1.54) is 0 Å². The summed E-state index contributed by atoms with van der Waals surface area (Å²) in [4.78, 5) is 13.3. The molecule has 0 spiro atoms. The fourth-order valence-electron chi connectivity index (χ4n) is 0.934. The highest BCUT2D eigenvalue weighted by Crippen LogP contribution is 2.03. The van der Waals surface area contributed by atoms with E-state index < -0.39 is 0 Å². The third-order valence-electron chi connectivity index (χ3n) is 1.85. The largest absolute Gasteiger partial charge is 0.345 e. The van der Waals surface area contributed by atoms with Gasteiger partial charge in [-0.25, -0.2) is 0 Å². The number of hydrogen-bond acceptors (Lipinski definition) is 2. The molecule has 13 heavy (non-hydrogen) atoms. The molecule has 0 aliphatic heterocycles. The van der Waals surface area contributed by atoms with Gasteiger partial charge in [0.25, 0.3) is 0 Å². The van der Waals surface area contributed by atoms with E-state index >= 15 is 0 Å². The lowest BCUT2D eigenvalue weighted by molar-refractivity contribution is -0.127. The molecule has 3 heteroatoms. The first-order valence-corrected chi connectivity index (χ1v) is 6.19. The standard InChI is InChI=1S/C10H21NOS/c1-4-6-7-11(3)10(12)9-13-8-5-2/h4-9H2,1-3H3. The van der Waals surface area contributed by atoms with Crippen molar-refractivity contribution < 1.29 is 4.79 Å². The van der Waals surface area contributed by atoms with Gasteiger partial charge in [-0.15, -0.1) is 0 Å². The molecule has 78 valence electrons. The molecule has 0 aliphatic rings. The Morgan fingerprint density at radius 1 is 1.31 bits per heavy atom. The summed E-state index contributed by atoms with van der Waals surface area (Å²) < 4.78 is 0. The molecule has 0 bridgehead atoms. The summed E-state index contributed by atoms with van der Waals surface area (Å²) in [7, 11) is 1.89. The first-order chi connectivity index (χ1) is 6.22. The third-order valence-corrected chi connectivity index (χ3v) is 2.99. The van der Waals surface area contributed by atoms with E-state index in [1.54, 1.807) is 11.8 Å². The molecule has 0 aromatic carbocycles. The first kappa shape index (κ1) is 12.8. The van der Waals surface area contributed by atoms with Crippen LogP contribution in [0.2, 0.25) is 0 Å². The van der Waals surface area contributed by atoms with Gasteiger partial charge in [-0.3, -0.25) is 4.79 Å². The van der Waals surface area contributed by atoms with Crippen molar-refractivity contribution in [2.24, 2.45) is 0 Å². The average Bonchev–Trinajstić information content (AvgIpc) is 2.14. The Labute approximate surface area is 86.1 Å². The zero-order valence-corrected chi connectivity index (χ0v) is 9.82. The van der Waals surface area contributed by atoms with Crippen LogP contribution in [0.15, 0.2) is 0 Å². The molecule has 0 aliphatic carbocycles. The number of rotatable bonds is 7. The molecule has 0 unspecified atom stereocenters. The summed E-state index contributed by atoms with van der Waals surface area (Å²) >= 11 is 1.73. The number of hydrogen-bond donors (Lipinski definition) is 0. The van der Waals surface area contributed by atoms with E-state index in [-0.39, 0.29) is 5.91 Å². The Bertz CT molecular complexity index is 139. The molecule has 0 saturated heterocycles. The van der Waals surface area contributed by atoms with Crippen molar-refractivity contribution in [3.05, 3.63) is 0 Å². The SMILES string of the molecule is CCCCN(C)C(=O)CSCCC. The predicted molar refractivity (Wildman–Crippen MR) is 60.2 cm³/mol.